The number of aliphatic hydroxyl groups excluding tert-OH is 2. The van der Waals surface area contributed by atoms with Crippen molar-refractivity contribution >= 4 is 23.1 Å². The topological polar surface area (TPSA) is 40.5 Å². The second-order valence-corrected chi connectivity index (χ2v) is 0.632. The smallest absolute Gasteiger partial charge is 1.00 e. The Bertz CT molecular complexity index is 23.2. The van der Waals surface area contributed by atoms with Crippen LogP contribution in [0, 0.1) is 0 Å². The molecule has 0 bridgehead atoms. The van der Waals surface area contributed by atoms with Crippen LogP contribution in [0.4, 0.5) is 0 Å². The van der Waals surface area contributed by atoms with E-state index in [0.717, 1.165) is 0 Å². The minimum atomic E-state index is 0. The van der Waals surface area contributed by atoms with Gasteiger partial charge in [0.25, 0.3) is 0 Å². The second kappa shape index (κ2) is 41.7. The maximum absolute atomic E-state index is 7.57. The van der Waals surface area contributed by atoms with Gasteiger partial charge in [-0.05, 0) is 13.8 Å². The first-order valence-electron chi connectivity index (χ1n) is 2.05. The summed E-state index contributed by atoms with van der Waals surface area (Å²) in [5.41, 5.74) is 0. The first-order chi connectivity index (χ1) is 2.83. The van der Waals surface area contributed by atoms with Gasteiger partial charge in [-0.2, -0.15) is 0 Å². The Morgan fingerprint density at radius 1 is 1.12 bits per heavy atom. The van der Waals surface area contributed by atoms with Crippen LogP contribution >= 0.6 is 0 Å². The summed E-state index contributed by atoms with van der Waals surface area (Å²) in [5, 5.41) is 15.1. The SMILES string of the molecule is CCO.CCO.[H-].[H-].[Mg+2].[Ni]. The minimum Gasteiger partial charge on any atom is -1.00 e. The van der Waals surface area contributed by atoms with Crippen LogP contribution < -0.4 is 0 Å². The van der Waals surface area contributed by atoms with E-state index in [1.807, 2.05) is 0 Å². The molecule has 0 heterocycles. The monoisotopic (exact) mass is 176 g/mol. The van der Waals surface area contributed by atoms with Gasteiger partial charge < -0.3 is 13.1 Å². The van der Waals surface area contributed by atoms with Crippen LogP contribution in [-0.2, 0) is 16.5 Å². The number of rotatable bonds is 0. The Hall–Kier alpha value is 1.18. The zero-order valence-electron chi connectivity index (χ0n) is 7.33. The van der Waals surface area contributed by atoms with Gasteiger partial charge in [-0.3, -0.25) is 0 Å². The standard InChI is InChI=1S/2C2H6O.Mg.Ni.2H/c2*1-2-3;;;;/h2*3H,2H2,1H3;;;;/q;;+2;;2*-1. The fourth-order valence-corrected chi connectivity index (χ4v) is 0. The first-order valence-corrected chi connectivity index (χ1v) is 2.05. The summed E-state index contributed by atoms with van der Waals surface area (Å²) in [5.74, 6) is 0. The summed E-state index contributed by atoms with van der Waals surface area (Å²) >= 11 is 0. The van der Waals surface area contributed by atoms with Crippen molar-refractivity contribution in [2.75, 3.05) is 13.2 Å². The molecule has 0 aliphatic heterocycles. The van der Waals surface area contributed by atoms with Crippen molar-refractivity contribution in [1.29, 1.82) is 0 Å². The van der Waals surface area contributed by atoms with Crippen LogP contribution in [0.3, 0.4) is 0 Å². The molecule has 0 amide bonds. The van der Waals surface area contributed by atoms with Crippen LogP contribution in [-0.4, -0.2) is 46.5 Å². The molecule has 0 saturated heterocycles. The molecule has 2 N–H and O–H groups in total. The molecular weight excluding hydrogens is 163 g/mol. The molecule has 0 atom stereocenters. The van der Waals surface area contributed by atoms with Gasteiger partial charge >= 0.3 is 23.1 Å². The van der Waals surface area contributed by atoms with E-state index in [9.17, 15) is 0 Å². The van der Waals surface area contributed by atoms with Crippen molar-refractivity contribution in [3.63, 3.8) is 0 Å². The van der Waals surface area contributed by atoms with E-state index in [4.69, 9.17) is 10.2 Å². The van der Waals surface area contributed by atoms with E-state index < -0.39 is 0 Å². The number of aliphatic hydroxyl groups is 2. The maximum atomic E-state index is 7.57. The normalized spacial score (nSPS) is 4.50. The van der Waals surface area contributed by atoms with Crippen molar-refractivity contribution in [3.05, 3.63) is 0 Å². The van der Waals surface area contributed by atoms with Gasteiger partial charge in [-0.15, -0.1) is 0 Å². The Morgan fingerprint density at radius 3 is 1.12 bits per heavy atom. The van der Waals surface area contributed by atoms with Crippen molar-refractivity contribution in [3.8, 4) is 0 Å². The molecule has 0 aliphatic rings. The zero-order chi connectivity index (χ0) is 5.41. The third kappa shape index (κ3) is 197. The molecule has 0 radical (unpaired) electrons. The van der Waals surface area contributed by atoms with Crippen LogP contribution in [0.15, 0.2) is 0 Å². The molecule has 0 fully saturated rings. The first kappa shape index (κ1) is 22.9. The van der Waals surface area contributed by atoms with E-state index in [-0.39, 0.29) is 55.6 Å². The summed E-state index contributed by atoms with van der Waals surface area (Å²) in [7, 11) is 0. The average molecular weight is 177 g/mol. The van der Waals surface area contributed by atoms with E-state index in [1.54, 1.807) is 13.8 Å². The van der Waals surface area contributed by atoms with E-state index >= 15 is 0 Å². The Morgan fingerprint density at radius 2 is 1.12 bits per heavy atom. The quantitative estimate of drug-likeness (QED) is 0.505. The second-order valence-electron chi connectivity index (χ2n) is 0.632. The molecule has 0 spiro atoms. The molecule has 2 nitrogen and oxygen atoms in total. The van der Waals surface area contributed by atoms with Crippen LogP contribution in [0.5, 0.6) is 0 Å². The Labute approximate surface area is 79.7 Å². The van der Waals surface area contributed by atoms with Gasteiger partial charge in [0.2, 0.25) is 0 Å². The molecule has 0 aliphatic carbocycles. The summed E-state index contributed by atoms with van der Waals surface area (Å²) in [6, 6.07) is 0. The van der Waals surface area contributed by atoms with Crippen molar-refractivity contribution in [1.82, 2.24) is 0 Å². The molecule has 0 saturated carbocycles. The number of hydrogen-bond acceptors (Lipinski definition) is 2. The molecule has 0 aromatic rings. The zero-order valence-corrected chi connectivity index (χ0v) is 7.73. The largest absolute Gasteiger partial charge is 2.00 e. The van der Waals surface area contributed by atoms with Crippen molar-refractivity contribution in [2.24, 2.45) is 0 Å². The molecule has 0 aromatic heterocycles. The summed E-state index contributed by atoms with van der Waals surface area (Å²) in [6.45, 7) is 3.86. The predicted octanol–water partition coefficient (Wildman–Crippen LogP) is -0.161. The van der Waals surface area contributed by atoms with Gasteiger partial charge in [-0.25, -0.2) is 0 Å². The van der Waals surface area contributed by atoms with Crippen molar-refractivity contribution in [2.45, 2.75) is 13.8 Å². The van der Waals surface area contributed by atoms with Crippen LogP contribution in [0.25, 0.3) is 0 Å². The van der Waals surface area contributed by atoms with Gasteiger partial charge in [0.1, 0.15) is 0 Å². The molecule has 0 aromatic carbocycles. The molecule has 4 heteroatoms. The van der Waals surface area contributed by atoms with E-state index in [1.165, 1.54) is 0 Å². The fourth-order valence-electron chi connectivity index (χ4n) is 0. The van der Waals surface area contributed by atoms with Crippen LogP contribution in [0.1, 0.15) is 16.7 Å². The summed E-state index contributed by atoms with van der Waals surface area (Å²) in [6.07, 6.45) is 0. The Kier molecular flexibility index (Phi) is 119. The van der Waals surface area contributed by atoms with Crippen LogP contribution in [0.2, 0.25) is 0 Å². The number of hydrogen-bond donors (Lipinski definition) is 2. The fraction of sp³-hybridized carbons (Fsp3) is 1.00. The molecule has 54 valence electrons. The molecule has 0 rings (SSSR count). The average Bonchev–Trinajstić information content (AvgIpc) is 1.39. The molecule has 0 unspecified atom stereocenters. The minimum absolute atomic E-state index is 0. The predicted molar refractivity (Wildman–Crippen MR) is 33.5 cm³/mol. The Balaban J connectivity index is -0.00000000571. The maximum Gasteiger partial charge on any atom is 2.00 e. The van der Waals surface area contributed by atoms with Gasteiger partial charge in [-0.1, -0.05) is 0 Å². The van der Waals surface area contributed by atoms with E-state index in [2.05, 4.69) is 0 Å². The summed E-state index contributed by atoms with van der Waals surface area (Å²) in [4.78, 5) is 0. The molecule has 8 heavy (non-hydrogen) atoms. The van der Waals surface area contributed by atoms with Crippen molar-refractivity contribution < 1.29 is 29.6 Å². The van der Waals surface area contributed by atoms with E-state index in [0.29, 0.717) is 0 Å². The summed E-state index contributed by atoms with van der Waals surface area (Å²) < 4.78 is 0. The third-order valence-electron chi connectivity index (χ3n) is 0. The van der Waals surface area contributed by atoms with Gasteiger partial charge in [0, 0.05) is 29.7 Å². The third-order valence-corrected chi connectivity index (χ3v) is 0. The van der Waals surface area contributed by atoms with Gasteiger partial charge in [0.15, 0.2) is 0 Å². The molecular formula is C4H14MgNiO2. The van der Waals surface area contributed by atoms with Gasteiger partial charge in [0.05, 0.1) is 0 Å².